The third-order valence-corrected chi connectivity index (χ3v) is 3.14. The van der Waals surface area contributed by atoms with Crippen LogP contribution in [-0.2, 0) is 0 Å². The first-order valence-electron chi connectivity index (χ1n) is 5.53. The first kappa shape index (κ1) is 14.9. The van der Waals surface area contributed by atoms with E-state index in [9.17, 15) is 13.6 Å². The number of hydrogen-bond donors (Lipinski definition) is 2. The molecule has 0 heterocycles. The molecule has 0 unspecified atom stereocenters. The molecule has 3 N–H and O–H groups in total. The highest BCUT2D eigenvalue weighted by Gasteiger charge is 2.33. The molecule has 2 rings (SSSR count). The van der Waals surface area contributed by atoms with Crippen molar-refractivity contribution in [2.45, 2.75) is 24.8 Å². The van der Waals surface area contributed by atoms with Gasteiger partial charge in [-0.15, -0.1) is 12.4 Å². The fourth-order valence-electron chi connectivity index (χ4n) is 1.87. The number of amides is 1. The second-order valence-electron chi connectivity index (χ2n) is 4.50. The van der Waals surface area contributed by atoms with E-state index in [2.05, 4.69) is 5.32 Å². The first-order valence-corrected chi connectivity index (χ1v) is 5.53. The largest absolute Gasteiger partial charge is 0.350 e. The van der Waals surface area contributed by atoms with Crippen molar-refractivity contribution < 1.29 is 13.6 Å². The van der Waals surface area contributed by atoms with Crippen LogP contribution >= 0.6 is 12.4 Å². The zero-order valence-corrected chi connectivity index (χ0v) is 10.5. The molecule has 1 aliphatic carbocycles. The van der Waals surface area contributed by atoms with Crippen molar-refractivity contribution in [3.05, 3.63) is 35.4 Å². The summed E-state index contributed by atoms with van der Waals surface area (Å²) in [5.41, 5.74) is 4.95. The molecule has 1 aromatic rings. The summed E-state index contributed by atoms with van der Waals surface area (Å²) in [6, 6.07) is 3.33. The molecule has 0 aliphatic heterocycles. The van der Waals surface area contributed by atoms with Crippen LogP contribution in [0.5, 0.6) is 0 Å². The summed E-state index contributed by atoms with van der Waals surface area (Å²) < 4.78 is 26.6. The van der Waals surface area contributed by atoms with Crippen molar-refractivity contribution in [3.63, 3.8) is 0 Å². The van der Waals surface area contributed by atoms with Gasteiger partial charge in [-0.05, 0) is 31.4 Å². The van der Waals surface area contributed by atoms with Gasteiger partial charge in [0.1, 0.15) is 17.2 Å². The van der Waals surface area contributed by atoms with Crippen LogP contribution in [0.1, 0.15) is 29.6 Å². The molecule has 0 bridgehead atoms. The minimum Gasteiger partial charge on any atom is -0.350 e. The summed E-state index contributed by atoms with van der Waals surface area (Å²) in [6.45, 7) is 0.250. The van der Waals surface area contributed by atoms with E-state index in [1.165, 1.54) is 6.07 Å². The van der Waals surface area contributed by atoms with Crippen molar-refractivity contribution in [1.29, 1.82) is 0 Å². The molecule has 18 heavy (non-hydrogen) atoms. The molecule has 6 heteroatoms. The Balaban J connectivity index is 0.00000162. The van der Waals surface area contributed by atoms with Crippen LogP contribution in [0.2, 0.25) is 0 Å². The standard InChI is InChI=1S/C12H14F2N2O.ClH/c13-8-3-1-4-9(14)10(8)11(17)16-7-12(15)5-2-6-12;/h1,3-4H,2,5-7,15H2,(H,16,17);1H. The van der Waals surface area contributed by atoms with Gasteiger partial charge in [-0.25, -0.2) is 8.78 Å². The molecule has 0 aromatic heterocycles. The molecule has 0 saturated heterocycles. The summed E-state index contributed by atoms with van der Waals surface area (Å²) in [5.74, 6) is -2.47. The molecule has 0 atom stereocenters. The lowest BCUT2D eigenvalue weighted by Gasteiger charge is -2.38. The first-order chi connectivity index (χ1) is 8.02. The molecular weight excluding hydrogens is 262 g/mol. The van der Waals surface area contributed by atoms with Crippen LogP contribution in [0.15, 0.2) is 18.2 Å². The number of rotatable bonds is 3. The third-order valence-electron chi connectivity index (χ3n) is 3.14. The second-order valence-corrected chi connectivity index (χ2v) is 4.50. The summed E-state index contributed by atoms with van der Waals surface area (Å²) >= 11 is 0. The Labute approximate surface area is 110 Å². The molecule has 1 aromatic carbocycles. The SMILES string of the molecule is Cl.NC1(CNC(=O)c2c(F)cccc2F)CCC1. The van der Waals surface area contributed by atoms with Gasteiger partial charge in [0.25, 0.3) is 5.91 Å². The molecular formula is C12H15ClF2N2O. The topological polar surface area (TPSA) is 55.1 Å². The van der Waals surface area contributed by atoms with Crippen molar-refractivity contribution in [2.75, 3.05) is 6.54 Å². The fraction of sp³-hybridized carbons (Fsp3) is 0.417. The molecule has 3 nitrogen and oxygen atoms in total. The predicted molar refractivity (Wildman–Crippen MR) is 66.7 cm³/mol. The number of halogens is 3. The zero-order valence-electron chi connectivity index (χ0n) is 9.71. The van der Waals surface area contributed by atoms with Crippen LogP contribution in [-0.4, -0.2) is 18.0 Å². The Morgan fingerprint density at radius 2 is 1.89 bits per heavy atom. The maximum absolute atomic E-state index is 13.3. The number of nitrogens with one attached hydrogen (secondary N) is 1. The lowest BCUT2D eigenvalue weighted by Crippen LogP contribution is -2.55. The van der Waals surface area contributed by atoms with E-state index in [0.717, 1.165) is 31.4 Å². The van der Waals surface area contributed by atoms with E-state index >= 15 is 0 Å². The van der Waals surface area contributed by atoms with Gasteiger partial charge < -0.3 is 11.1 Å². The van der Waals surface area contributed by atoms with Gasteiger partial charge in [-0.3, -0.25) is 4.79 Å². The van der Waals surface area contributed by atoms with Gasteiger partial charge in [0.05, 0.1) is 0 Å². The smallest absolute Gasteiger partial charge is 0.257 e. The molecule has 1 amide bonds. The Morgan fingerprint density at radius 3 is 2.33 bits per heavy atom. The highest BCUT2D eigenvalue weighted by Crippen LogP contribution is 2.28. The summed E-state index contributed by atoms with van der Waals surface area (Å²) in [7, 11) is 0. The van der Waals surface area contributed by atoms with Gasteiger partial charge in [-0.2, -0.15) is 0 Å². The Morgan fingerprint density at radius 1 is 1.33 bits per heavy atom. The van der Waals surface area contributed by atoms with Crippen LogP contribution in [0.3, 0.4) is 0 Å². The Bertz CT molecular complexity index is 429. The third kappa shape index (κ3) is 2.97. The van der Waals surface area contributed by atoms with E-state index in [-0.39, 0.29) is 19.0 Å². The van der Waals surface area contributed by atoms with Crippen LogP contribution < -0.4 is 11.1 Å². The molecule has 1 saturated carbocycles. The summed E-state index contributed by atoms with van der Waals surface area (Å²) in [4.78, 5) is 11.6. The van der Waals surface area contributed by atoms with Crippen LogP contribution in [0, 0.1) is 11.6 Å². The van der Waals surface area contributed by atoms with Gasteiger partial charge >= 0.3 is 0 Å². The van der Waals surface area contributed by atoms with Crippen molar-refractivity contribution in [2.24, 2.45) is 5.73 Å². The lowest BCUT2D eigenvalue weighted by atomic mass is 9.78. The quantitative estimate of drug-likeness (QED) is 0.887. The average molecular weight is 277 g/mol. The average Bonchev–Trinajstić information content (AvgIpc) is 2.23. The van der Waals surface area contributed by atoms with Gasteiger partial charge in [-0.1, -0.05) is 6.07 Å². The molecule has 0 radical (unpaired) electrons. The molecule has 1 fully saturated rings. The summed E-state index contributed by atoms with van der Waals surface area (Å²) in [5, 5.41) is 2.48. The number of carbonyl (C=O) groups is 1. The predicted octanol–water partition coefficient (Wildman–Crippen LogP) is 2.00. The molecule has 100 valence electrons. The highest BCUT2D eigenvalue weighted by atomic mass is 35.5. The van der Waals surface area contributed by atoms with Crippen molar-refractivity contribution in [1.82, 2.24) is 5.32 Å². The minimum atomic E-state index is -0.859. The number of benzene rings is 1. The minimum absolute atomic E-state index is 0. The fourth-order valence-corrected chi connectivity index (χ4v) is 1.87. The van der Waals surface area contributed by atoms with Crippen molar-refractivity contribution in [3.8, 4) is 0 Å². The van der Waals surface area contributed by atoms with E-state index < -0.39 is 28.6 Å². The van der Waals surface area contributed by atoms with E-state index in [1.807, 2.05) is 0 Å². The van der Waals surface area contributed by atoms with Gasteiger partial charge in [0.15, 0.2) is 0 Å². The zero-order chi connectivity index (χ0) is 12.5. The maximum atomic E-state index is 13.3. The number of nitrogens with two attached hydrogens (primary N) is 1. The van der Waals surface area contributed by atoms with E-state index in [1.54, 1.807) is 0 Å². The molecule has 0 spiro atoms. The lowest BCUT2D eigenvalue weighted by molar-refractivity contribution is 0.0921. The Kier molecular flexibility index (Phi) is 4.65. The van der Waals surface area contributed by atoms with Gasteiger partial charge in [0.2, 0.25) is 0 Å². The van der Waals surface area contributed by atoms with E-state index in [4.69, 9.17) is 5.73 Å². The normalized spacial score (nSPS) is 16.4. The second kappa shape index (κ2) is 5.63. The monoisotopic (exact) mass is 276 g/mol. The highest BCUT2D eigenvalue weighted by molar-refractivity contribution is 5.94. The van der Waals surface area contributed by atoms with Crippen LogP contribution in [0.25, 0.3) is 0 Å². The number of carbonyl (C=O) groups excluding carboxylic acids is 1. The number of hydrogen-bond acceptors (Lipinski definition) is 2. The maximum Gasteiger partial charge on any atom is 0.257 e. The van der Waals surface area contributed by atoms with Crippen molar-refractivity contribution >= 4 is 18.3 Å². The van der Waals surface area contributed by atoms with E-state index in [0.29, 0.717) is 0 Å². The van der Waals surface area contributed by atoms with Crippen LogP contribution in [0.4, 0.5) is 8.78 Å². The van der Waals surface area contributed by atoms with Gasteiger partial charge in [0, 0.05) is 12.1 Å². The summed E-state index contributed by atoms with van der Waals surface area (Å²) in [6.07, 6.45) is 2.68. The molecule has 1 aliphatic rings. The Hall–Kier alpha value is -1.20.